The predicted octanol–water partition coefficient (Wildman–Crippen LogP) is 3.80. The maximum Gasteiger partial charge on any atom is 0.416 e. The van der Waals surface area contributed by atoms with Crippen LogP contribution in [0.25, 0.3) is 0 Å². The number of hydrogen-bond acceptors (Lipinski definition) is 2. The highest BCUT2D eigenvalue weighted by Gasteiger charge is 2.38. The van der Waals surface area contributed by atoms with Crippen molar-refractivity contribution in [2.24, 2.45) is 5.41 Å². The molecule has 2 aliphatic heterocycles. The van der Waals surface area contributed by atoms with E-state index < -0.39 is 11.7 Å². The van der Waals surface area contributed by atoms with Crippen molar-refractivity contribution in [2.75, 3.05) is 26.2 Å². The Morgan fingerprint density at radius 1 is 1.20 bits per heavy atom. The quantitative estimate of drug-likeness (QED) is 0.895. The first-order chi connectivity index (χ1) is 11.8. The minimum absolute atomic E-state index is 0.0844. The number of hydrogen-bond donors (Lipinski definition) is 1. The molecule has 1 spiro atoms. The molecule has 3 rings (SSSR count). The number of alkyl halides is 3. The summed E-state index contributed by atoms with van der Waals surface area (Å²) in [7, 11) is 0. The number of nitrogens with zero attached hydrogens (tertiary/aromatic N) is 1. The fraction of sp³-hybridized carbons (Fsp3) is 0.632. The van der Waals surface area contributed by atoms with Crippen LogP contribution in [0.5, 0.6) is 0 Å². The van der Waals surface area contributed by atoms with Crippen molar-refractivity contribution in [2.45, 2.75) is 44.7 Å². The Morgan fingerprint density at radius 2 is 1.84 bits per heavy atom. The van der Waals surface area contributed by atoms with Crippen LogP contribution in [-0.2, 0) is 11.0 Å². The van der Waals surface area contributed by atoms with Gasteiger partial charge in [0.15, 0.2) is 0 Å². The lowest BCUT2D eigenvalue weighted by molar-refractivity contribution is -0.137. The van der Waals surface area contributed by atoms with Crippen LogP contribution in [-0.4, -0.2) is 37.0 Å². The van der Waals surface area contributed by atoms with E-state index in [0.29, 0.717) is 11.8 Å². The highest BCUT2D eigenvalue weighted by atomic mass is 19.4. The number of carbonyl (C=O) groups excluding carboxylic acids is 1. The van der Waals surface area contributed by atoms with Gasteiger partial charge in [-0.3, -0.25) is 4.79 Å². The summed E-state index contributed by atoms with van der Waals surface area (Å²) < 4.78 is 37.9. The van der Waals surface area contributed by atoms with Crippen molar-refractivity contribution in [1.82, 2.24) is 10.2 Å². The number of benzene rings is 1. The van der Waals surface area contributed by atoms with Crippen molar-refractivity contribution in [3.8, 4) is 0 Å². The average molecular weight is 354 g/mol. The van der Waals surface area contributed by atoms with E-state index in [9.17, 15) is 18.0 Å². The van der Waals surface area contributed by atoms with Gasteiger partial charge < -0.3 is 10.2 Å². The van der Waals surface area contributed by atoms with Gasteiger partial charge in [0, 0.05) is 26.1 Å². The fourth-order valence-electron chi connectivity index (χ4n) is 3.96. The molecule has 1 amide bonds. The van der Waals surface area contributed by atoms with Crippen LogP contribution in [0, 0.1) is 5.41 Å². The molecule has 2 aliphatic rings. The zero-order chi connectivity index (χ0) is 18.1. The number of nitrogens with one attached hydrogen (secondary N) is 1. The molecule has 1 unspecified atom stereocenters. The largest absolute Gasteiger partial charge is 0.416 e. The van der Waals surface area contributed by atoms with Gasteiger partial charge in [0.1, 0.15) is 0 Å². The van der Waals surface area contributed by atoms with E-state index >= 15 is 0 Å². The van der Waals surface area contributed by atoms with E-state index in [1.807, 2.05) is 11.8 Å². The Hall–Kier alpha value is -1.56. The van der Waals surface area contributed by atoms with Gasteiger partial charge in [-0.15, -0.1) is 0 Å². The van der Waals surface area contributed by atoms with Crippen LogP contribution in [0.2, 0.25) is 0 Å². The van der Waals surface area contributed by atoms with Crippen molar-refractivity contribution in [3.63, 3.8) is 0 Å². The fourth-order valence-corrected chi connectivity index (χ4v) is 3.96. The van der Waals surface area contributed by atoms with E-state index in [4.69, 9.17) is 0 Å². The molecule has 0 radical (unpaired) electrons. The number of halogens is 3. The summed E-state index contributed by atoms with van der Waals surface area (Å²) in [5, 5.41) is 3.41. The molecule has 1 aromatic carbocycles. The summed E-state index contributed by atoms with van der Waals surface area (Å²) >= 11 is 0. The SMILES string of the molecule is CC(CC(=O)N1CCC2(CCNC2)CC1)c1ccc(C(F)(F)F)cc1. The number of rotatable bonds is 3. The molecule has 0 aromatic heterocycles. The van der Waals surface area contributed by atoms with E-state index in [1.54, 1.807) is 0 Å². The summed E-state index contributed by atoms with van der Waals surface area (Å²) in [6, 6.07) is 5.15. The number of amides is 1. The summed E-state index contributed by atoms with van der Waals surface area (Å²) in [5.41, 5.74) is 0.492. The van der Waals surface area contributed by atoms with Crippen LogP contribution < -0.4 is 5.32 Å². The summed E-state index contributed by atoms with van der Waals surface area (Å²) in [5.74, 6) is 0.0204. The van der Waals surface area contributed by atoms with Crippen LogP contribution in [0.1, 0.15) is 49.7 Å². The second-order valence-electron chi connectivity index (χ2n) is 7.53. The third-order valence-electron chi connectivity index (χ3n) is 5.80. The molecule has 3 nitrogen and oxygen atoms in total. The Morgan fingerprint density at radius 3 is 2.36 bits per heavy atom. The molecule has 2 fully saturated rings. The minimum Gasteiger partial charge on any atom is -0.343 e. The molecular formula is C19H25F3N2O. The molecule has 0 saturated carbocycles. The topological polar surface area (TPSA) is 32.3 Å². The van der Waals surface area contributed by atoms with Crippen LogP contribution in [0.3, 0.4) is 0 Å². The monoisotopic (exact) mass is 354 g/mol. The molecule has 25 heavy (non-hydrogen) atoms. The minimum atomic E-state index is -4.32. The predicted molar refractivity (Wildman–Crippen MR) is 90.2 cm³/mol. The van der Waals surface area contributed by atoms with Gasteiger partial charge in [-0.25, -0.2) is 0 Å². The number of carbonyl (C=O) groups is 1. The molecule has 1 N–H and O–H groups in total. The van der Waals surface area contributed by atoms with Crippen LogP contribution in [0.4, 0.5) is 13.2 Å². The third-order valence-corrected chi connectivity index (χ3v) is 5.80. The zero-order valence-corrected chi connectivity index (χ0v) is 14.5. The van der Waals surface area contributed by atoms with Gasteiger partial charge in [-0.05, 0) is 54.8 Å². The van der Waals surface area contributed by atoms with Crippen molar-refractivity contribution < 1.29 is 18.0 Å². The summed E-state index contributed by atoms with van der Waals surface area (Å²) in [6.07, 6.45) is -0.704. The Balaban J connectivity index is 1.54. The third kappa shape index (κ3) is 4.17. The van der Waals surface area contributed by atoms with Gasteiger partial charge in [0.05, 0.1) is 5.56 Å². The second-order valence-corrected chi connectivity index (χ2v) is 7.53. The molecule has 138 valence electrons. The van der Waals surface area contributed by atoms with E-state index in [2.05, 4.69) is 5.32 Å². The van der Waals surface area contributed by atoms with Crippen molar-refractivity contribution in [3.05, 3.63) is 35.4 Å². The van der Waals surface area contributed by atoms with Gasteiger partial charge in [-0.1, -0.05) is 19.1 Å². The summed E-state index contributed by atoms with van der Waals surface area (Å²) in [6.45, 7) is 5.60. The second kappa shape index (κ2) is 6.98. The first kappa shape index (κ1) is 18.2. The summed E-state index contributed by atoms with van der Waals surface area (Å²) in [4.78, 5) is 14.5. The lowest BCUT2D eigenvalue weighted by Crippen LogP contribution is -2.44. The van der Waals surface area contributed by atoms with E-state index in [0.717, 1.165) is 56.7 Å². The maximum atomic E-state index is 12.6. The van der Waals surface area contributed by atoms with Crippen molar-refractivity contribution in [1.29, 1.82) is 0 Å². The molecule has 1 atom stereocenters. The Bertz CT molecular complexity index is 596. The Kier molecular flexibility index (Phi) is 5.09. The average Bonchev–Trinajstić information content (AvgIpc) is 3.03. The normalized spacial score (nSPS) is 21.5. The Labute approximate surface area is 146 Å². The molecule has 1 aromatic rings. The standard InChI is InChI=1S/C19H25F3N2O/c1-14(15-2-4-16(5-3-15)19(20,21)22)12-17(25)24-10-7-18(8-11-24)6-9-23-13-18/h2-5,14,23H,6-13H2,1H3. The lowest BCUT2D eigenvalue weighted by Gasteiger charge is -2.39. The number of piperidine rings is 1. The molecule has 2 saturated heterocycles. The van der Waals surface area contributed by atoms with Gasteiger partial charge >= 0.3 is 6.18 Å². The van der Waals surface area contributed by atoms with E-state index in [1.165, 1.54) is 18.6 Å². The molecule has 2 heterocycles. The highest BCUT2D eigenvalue weighted by molar-refractivity contribution is 5.77. The molecule has 6 heteroatoms. The smallest absolute Gasteiger partial charge is 0.343 e. The molecule has 0 aliphatic carbocycles. The lowest BCUT2D eigenvalue weighted by atomic mass is 9.77. The van der Waals surface area contributed by atoms with Crippen molar-refractivity contribution >= 4 is 5.91 Å². The molecule has 0 bridgehead atoms. The number of likely N-dealkylation sites (tertiary alicyclic amines) is 1. The first-order valence-corrected chi connectivity index (χ1v) is 8.95. The van der Waals surface area contributed by atoms with Gasteiger partial charge in [-0.2, -0.15) is 13.2 Å². The zero-order valence-electron chi connectivity index (χ0n) is 14.5. The van der Waals surface area contributed by atoms with Gasteiger partial charge in [0.25, 0.3) is 0 Å². The van der Waals surface area contributed by atoms with Gasteiger partial charge in [0.2, 0.25) is 5.91 Å². The highest BCUT2D eigenvalue weighted by Crippen LogP contribution is 2.37. The first-order valence-electron chi connectivity index (χ1n) is 8.95. The van der Waals surface area contributed by atoms with Crippen LogP contribution >= 0.6 is 0 Å². The van der Waals surface area contributed by atoms with Crippen LogP contribution in [0.15, 0.2) is 24.3 Å². The molecular weight excluding hydrogens is 329 g/mol. The maximum absolute atomic E-state index is 12.6. The van der Waals surface area contributed by atoms with E-state index in [-0.39, 0.29) is 11.8 Å².